The van der Waals surface area contributed by atoms with E-state index in [4.69, 9.17) is 9.47 Å². The van der Waals surface area contributed by atoms with Gasteiger partial charge in [0.05, 0.1) is 13.2 Å². The van der Waals surface area contributed by atoms with Gasteiger partial charge in [0.2, 0.25) is 0 Å². The average molecular weight is 358 g/mol. The van der Waals surface area contributed by atoms with Crippen molar-refractivity contribution in [3.63, 3.8) is 0 Å². The quantitative estimate of drug-likeness (QED) is 0.572. The molecule has 0 amide bonds. The van der Waals surface area contributed by atoms with Crippen LogP contribution in [0.15, 0.2) is 12.1 Å². The Morgan fingerprint density at radius 1 is 0.920 bits per heavy atom. The number of halogens is 3. The lowest BCUT2D eigenvalue weighted by molar-refractivity contribution is -0.275. The van der Waals surface area contributed by atoms with Crippen LogP contribution < -0.4 is 14.2 Å². The van der Waals surface area contributed by atoms with Crippen molar-refractivity contribution in [3.05, 3.63) is 17.7 Å². The van der Waals surface area contributed by atoms with Gasteiger partial charge in [-0.25, -0.2) is 0 Å². The van der Waals surface area contributed by atoms with E-state index in [1.807, 2.05) is 0 Å². The molecule has 0 aromatic heterocycles. The number of benzene rings is 1. The van der Waals surface area contributed by atoms with Crippen LogP contribution in [0.2, 0.25) is 0 Å². The van der Waals surface area contributed by atoms with Crippen molar-refractivity contribution in [2.75, 3.05) is 13.2 Å². The van der Waals surface area contributed by atoms with Gasteiger partial charge in [-0.2, -0.15) is 0 Å². The van der Waals surface area contributed by atoms with Crippen LogP contribution in [-0.2, 0) is 0 Å². The van der Waals surface area contributed by atoms with Crippen molar-refractivity contribution in [2.24, 2.45) is 11.8 Å². The molecule has 0 spiro atoms. The Kier molecular flexibility index (Phi) is 5.64. The fraction of sp³-hybridized carbons (Fsp3) is 0.684. The van der Waals surface area contributed by atoms with Gasteiger partial charge in [-0.05, 0) is 43.7 Å². The third-order valence-electron chi connectivity index (χ3n) is 5.03. The first-order valence-electron chi connectivity index (χ1n) is 9.07. The minimum atomic E-state index is -4.76. The van der Waals surface area contributed by atoms with E-state index in [1.54, 1.807) is 13.0 Å². The molecule has 1 aromatic carbocycles. The van der Waals surface area contributed by atoms with Crippen LogP contribution in [0.3, 0.4) is 0 Å². The highest BCUT2D eigenvalue weighted by Crippen LogP contribution is 2.41. The van der Waals surface area contributed by atoms with Crippen LogP contribution in [0.1, 0.15) is 50.5 Å². The average Bonchev–Trinajstić information content (AvgIpc) is 3.30. The first kappa shape index (κ1) is 18.2. The number of ether oxygens (including phenoxy) is 3. The Bertz CT molecular complexity index is 578. The summed E-state index contributed by atoms with van der Waals surface area (Å²) in [5.74, 6) is 1.61. The fourth-order valence-corrected chi connectivity index (χ4v) is 3.02. The Hall–Kier alpha value is -1.59. The molecular weight excluding hydrogens is 333 g/mol. The lowest BCUT2D eigenvalue weighted by atomic mass is 9.83. The van der Waals surface area contributed by atoms with Crippen LogP contribution in [0, 0.1) is 18.8 Å². The maximum atomic E-state index is 12.8. The van der Waals surface area contributed by atoms with E-state index in [-0.39, 0.29) is 11.5 Å². The summed E-state index contributed by atoms with van der Waals surface area (Å²) in [7, 11) is 0. The molecule has 0 N–H and O–H groups in total. The second kappa shape index (κ2) is 7.75. The predicted octanol–water partition coefficient (Wildman–Crippen LogP) is 5.64. The molecule has 0 saturated heterocycles. The van der Waals surface area contributed by atoms with Gasteiger partial charge in [0, 0.05) is 5.56 Å². The van der Waals surface area contributed by atoms with Gasteiger partial charge < -0.3 is 14.2 Å². The molecule has 2 aliphatic carbocycles. The van der Waals surface area contributed by atoms with E-state index in [9.17, 15) is 13.2 Å². The normalized spacial score (nSPS) is 17.9. The summed E-state index contributed by atoms with van der Waals surface area (Å²) >= 11 is 0. The van der Waals surface area contributed by atoms with Gasteiger partial charge >= 0.3 is 6.36 Å². The predicted molar refractivity (Wildman–Crippen MR) is 88.2 cm³/mol. The minimum Gasteiger partial charge on any atom is -0.493 e. The molecule has 0 unspecified atom stereocenters. The molecule has 0 aliphatic heterocycles. The van der Waals surface area contributed by atoms with Crippen LogP contribution in [0.5, 0.6) is 17.2 Å². The van der Waals surface area contributed by atoms with Crippen LogP contribution >= 0.6 is 0 Å². The number of rotatable bonds is 9. The molecule has 3 nitrogen and oxygen atoms in total. The van der Waals surface area contributed by atoms with Crippen molar-refractivity contribution in [1.82, 2.24) is 0 Å². The van der Waals surface area contributed by atoms with Crippen LogP contribution in [0.4, 0.5) is 13.2 Å². The van der Waals surface area contributed by atoms with Crippen LogP contribution in [0.25, 0.3) is 0 Å². The second-order valence-corrected chi connectivity index (χ2v) is 7.08. The van der Waals surface area contributed by atoms with E-state index in [0.717, 1.165) is 12.8 Å². The summed E-state index contributed by atoms with van der Waals surface area (Å²) in [6, 6.07) is 3.19. The van der Waals surface area contributed by atoms with Crippen molar-refractivity contribution in [3.8, 4) is 17.2 Å². The largest absolute Gasteiger partial charge is 0.573 e. The standard InChI is InChI=1S/C19H25F3O3/c1-13-16(23-11-10-15-5-6-15)7-8-17(18(13)25-19(20,21)22)24-12-9-14-3-2-4-14/h7-8,14-15H,2-6,9-12H2,1H3. The molecule has 2 aliphatic rings. The highest BCUT2D eigenvalue weighted by Gasteiger charge is 2.34. The van der Waals surface area contributed by atoms with Crippen molar-refractivity contribution in [1.29, 1.82) is 0 Å². The molecule has 2 saturated carbocycles. The SMILES string of the molecule is Cc1c(OCCC2CC2)ccc(OCCC2CCC2)c1OC(F)(F)F. The smallest absolute Gasteiger partial charge is 0.493 e. The molecule has 0 radical (unpaired) electrons. The zero-order valence-corrected chi connectivity index (χ0v) is 14.5. The first-order valence-corrected chi connectivity index (χ1v) is 9.07. The van der Waals surface area contributed by atoms with E-state index in [1.165, 1.54) is 38.2 Å². The van der Waals surface area contributed by atoms with Crippen molar-refractivity contribution < 1.29 is 27.4 Å². The zero-order chi connectivity index (χ0) is 17.9. The second-order valence-electron chi connectivity index (χ2n) is 7.08. The molecule has 0 bridgehead atoms. The number of hydrogen-bond acceptors (Lipinski definition) is 3. The van der Waals surface area contributed by atoms with Gasteiger partial charge in [0.25, 0.3) is 0 Å². The third-order valence-corrected chi connectivity index (χ3v) is 5.03. The summed E-state index contributed by atoms with van der Waals surface area (Å²) in [5, 5.41) is 0. The molecule has 2 fully saturated rings. The summed E-state index contributed by atoms with van der Waals surface area (Å²) < 4.78 is 53.9. The van der Waals surface area contributed by atoms with Crippen molar-refractivity contribution in [2.45, 2.75) is 58.2 Å². The molecule has 0 heterocycles. The maximum absolute atomic E-state index is 12.8. The Morgan fingerprint density at radius 2 is 1.48 bits per heavy atom. The Morgan fingerprint density at radius 3 is 2.00 bits per heavy atom. The lowest BCUT2D eigenvalue weighted by Gasteiger charge is -2.25. The van der Waals surface area contributed by atoms with Gasteiger partial charge in [-0.3, -0.25) is 0 Å². The Balaban J connectivity index is 1.66. The molecular formula is C19H25F3O3. The van der Waals surface area contributed by atoms with Crippen molar-refractivity contribution >= 4 is 0 Å². The van der Waals surface area contributed by atoms with E-state index < -0.39 is 6.36 Å². The molecule has 6 heteroatoms. The highest BCUT2D eigenvalue weighted by molar-refractivity contribution is 5.53. The monoisotopic (exact) mass is 358 g/mol. The van der Waals surface area contributed by atoms with E-state index in [0.29, 0.717) is 36.4 Å². The summed E-state index contributed by atoms with van der Waals surface area (Å²) in [4.78, 5) is 0. The number of hydrogen-bond donors (Lipinski definition) is 0. The van der Waals surface area contributed by atoms with Crippen LogP contribution in [-0.4, -0.2) is 19.6 Å². The number of alkyl halides is 3. The van der Waals surface area contributed by atoms with Gasteiger partial charge in [0.1, 0.15) is 5.75 Å². The highest BCUT2D eigenvalue weighted by atomic mass is 19.4. The van der Waals surface area contributed by atoms with E-state index >= 15 is 0 Å². The van der Waals surface area contributed by atoms with Gasteiger partial charge in [-0.15, -0.1) is 13.2 Å². The summed E-state index contributed by atoms with van der Waals surface area (Å²) in [6.45, 7) is 2.49. The molecule has 25 heavy (non-hydrogen) atoms. The molecule has 0 atom stereocenters. The van der Waals surface area contributed by atoms with Gasteiger partial charge in [0.15, 0.2) is 11.5 Å². The third kappa shape index (κ3) is 5.44. The summed E-state index contributed by atoms with van der Waals surface area (Å²) in [6.07, 6.45) is 3.09. The summed E-state index contributed by atoms with van der Waals surface area (Å²) in [5.41, 5.74) is 0.328. The topological polar surface area (TPSA) is 27.7 Å². The molecule has 1 aromatic rings. The first-order chi connectivity index (χ1) is 11.9. The van der Waals surface area contributed by atoms with Gasteiger partial charge in [-0.1, -0.05) is 32.1 Å². The lowest BCUT2D eigenvalue weighted by Crippen LogP contribution is -2.19. The molecule has 3 rings (SSSR count). The maximum Gasteiger partial charge on any atom is 0.573 e. The Labute approximate surface area is 146 Å². The minimum absolute atomic E-state index is 0.128. The molecule has 140 valence electrons. The van der Waals surface area contributed by atoms with E-state index in [2.05, 4.69) is 4.74 Å². The fourth-order valence-electron chi connectivity index (χ4n) is 3.02. The zero-order valence-electron chi connectivity index (χ0n) is 14.5.